The molecule has 1 amide bonds. The Hall–Kier alpha value is -2.67. The molecule has 6 nitrogen and oxygen atoms in total. The summed E-state index contributed by atoms with van der Waals surface area (Å²) in [6.45, 7) is 2.99. The first kappa shape index (κ1) is 16.2. The van der Waals surface area contributed by atoms with E-state index in [1.54, 1.807) is 19.2 Å². The topological polar surface area (TPSA) is 71.9 Å². The van der Waals surface area contributed by atoms with Crippen LogP contribution in [0.1, 0.15) is 23.1 Å². The summed E-state index contributed by atoms with van der Waals surface area (Å²) in [4.78, 5) is 12.6. The van der Waals surface area contributed by atoms with Crippen molar-refractivity contribution in [3.63, 3.8) is 0 Å². The normalized spacial score (nSPS) is 10.8. The summed E-state index contributed by atoms with van der Waals surface area (Å²) >= 11 is 5.15. The highest BCUT2D eigenvalue weighted by Crippen LogP contribution is 2.28. The molecule has 0 fully saturated rings. The summed E-state index contributed by atoms with van der Waals surface area (Å²) < 4.78 is 7.77. The van der Waals surface area contributed by atoms with Gasteiger partial charge in [0.1, 0.15) is 5.75 Å². The quantitative estimate of drug-likeness (QED) is 0.699. The molecule has 3 rings (SSSR count). The van der Waals surface area contributed by atoms with Crippen LogP contribution in [0.15, 0.2) is 36.4 Å². The number of nitrogens with zero attached hydrogens (tertiary/aromatic N) is 2. The molecule has 0 saturated carbocycles. The lowest BCUT2D eigenvalue weighted by Gasteiger charge is -2.11. The van der Waals surface area contributed by atoms with Crippen LogP contribution in [0.2, 0.25) is 0 Å². The minimum absolute atomic E-state index is 0.162. The summed E-state index contributed by atoms with van der Waals surface area (Å²) in [7, 11) is 1.62. The number of ether oxygens (including phenoxy) is 1. The zero-order valence-corrected chi connectivity index (χ0v) is 14.3. The van der Waals surface area contributed by atoms with Gasteiger partial charge in [0.15, 0.2) is 10.6 Å². The molecule has 0 aliphatic carbocycles. The molecular weight excluding hydrogens is 324 g/mol. The first-order valence-electron chi connectivity index (χ1n) is 7.63. The van der Waals surface area contributed by atoms with Crippen LogP contribution in [0.3, 0.4) is 0 Å². The van der Waals surface area contributed by atoms with Crippen molar-refractivity contribution in [2.45, 2.75) is 20.0 Å². The molecule has 24 heavy (non-hydrogen) atoms. The molecule has 0 atom stereocenters. The Bertz CT molecular complexity index is 945. The molecular formula is C17H18N4O2S. The van der Waals surface area contributed by atoms with E-state index in [0.717, 1.165) is 16.5 Å². The van der Waals surface area contributed by atoms with Gasteiger partial charge in [-0.25, -0.2) is 0 Å². The van der Waals surface area contributed by atoms with Crippen LogP contribution in [0.25, 0.3) is 10.8 Å². The molecule has 0 aliphatic heterocycles. The van der Waals surface area contributed by atoms with Crippen molar-refractivity contribution in [3.05, 3.63) is 52.6 Å². The van der Waals surface area contributed by atoms with Crippen LogP contribution >= 0.6 is 12.2 Å². The lowest BCUT2D eigenvalue weighted by Crippen LogP contribution is -2.25. The van der Waals surface area contributed by atoms with E-state index in [2.05, 4.69) is 15.5 Å². The number of rotatable bonds is 5. The van der Waals surface area contributed by atoms with Crippen molar-refractivity contribution in [3.8, 4) is 5.75 Å². The molecule has 0 radical (unpaired) electrons. The fraction of sp³-hybridized carbons (Fsp3) is 0.235. The maximum absolute atomic E-state index is 12.6. The third kappa shape index (κ3) is 2.90. The van der Waals surface area contributed by atoms with E-state index in [9.17, 15) is 4.79 Å². The Morgan fingerprint density at radius 1 is 1.29 bits per heavy atom. The van der Waals surface area contributed by atoms with Crippen molar-refractivity contribution in [2.75, 3.05) is 7.11 Å². The highest BCUT2D eigenvalue weighted by molar-refractivity contribution is 7.71. The number of H-pyrrole nitrogens is 1. The number of hydrogen-bond donors (Lipinski definition) is 2. The Kier molecular flexibility index (Phi) is 4.61. The fourth-order valence-corrected chi connectivity index (χ4v) is 2.99. The zero-order chi connectivity index (χ0) is 17.1. The molecule has 124 valence electrons. The molecule has 0 bridgehead atoms. The van der Waals surface area contributed by atoms with Crippen LogP contribution in [0.4, 0.5) is 0 Å². The molecule has 1 aromatic heterocycles. The van der Waals surface area contributed by atoms with Gasteiger partial charge in [-0.1, -0.05) is 24.3 Å². The third-order valence-electron chi connectivity index (χ3n) is 3.91. The van der Waals surface area contributed by atoms with Gasteiger partial charge in [0.05, 0.1) is 13.7 Å². The monoisotopic (exact) mass is 342 g/mol. The van der Waals surface area contributed by atoms with Crippen molar-refractivity contribution in [1.82, 2.24) is 20.1 Å². The largest absolute Gasteiger partial charge is 0.496 e. The van der Waals surface area contributed by atoms with E-state index in [1.807, 2.05) is 35.8 Å². The number of aromatic nitrogens is 3. The number of amides is 1. The second-order valence-corrected chi connectivity index (χ2v) is 5.62. The summed E-state index contributed by atoms with van der Waals surface area (Å²) in [5, 5.41) is 11.6. The molecule has 2 N–H and O–H groups in total. The number of fused-ring (bicyclic) bond motifs is 1. The molecule has 2 aromatic carbocycles. The van der Waals surface area contributed by atoms with Crippen molar-refractivity contribution >= 4 is 28.9 Å². The smallest absolute Gasteiger partial charge is 0.252 e. The lowest BCUT2D eigenvalue weighted by molar-refractivity contribution is 0.0951. The van der Waals surface area contributed by atoms with Crippen LogP contribution in [0.5, 0.6) is 5.75 Å². The van der Waals surface area contributed by atoms with Gasteiger partial charge in [-0.2, -0.15) is 5.10 Å². The summed E-state index contributed by atoms with van der Waals surface area (Å²) in [5.74, 6) is 1.29. The molecule has 0 unspecified atom stereocenters. The van der Waals surface area contributed by atoms with Gasteiger partial charge in [0.2, 0.25) is 0 Å². The van der Waals surface area contributed by atoms with Crippen molar-refractivity contribution in [2.24, 2.45) is 0 Å². The lowest BCUT2D eigenvalue weighted by atomic mass is 10.0. The predicted molar refractivity (Wildman–Crippen MR) is 94.8 cm³/mol. The SMILES string of the molecule is CCn1c(CNC(=O)c2ccc(OC)c3ccccc23)n[nH]c1=S. The van der Waals surface area contributed by atoms with Gasteiger partial charge in [-0.3, -0.25) is 9.89 Å². The maximum Gasteiger partial charge on any atom is 0.252 e. The average Bonchev–Trinajstić information content (AvgIpc) is 2.98. The van der Waals surface area contributed by atoms with E-state index in [4.69, 9.17) is 17.0 Å². The zero-order valence-electron chi connectivity index (χ0n) is 13.5. The first-order chi connectivity index (χ1) is 11.7. The predicted octanol–water partition coefficient (Wildman–Crippen LogP) is 3.05. The van der Waals surface area contributed by atoms with Gasteiger partial charge in [-0.05, 0) is 36.7 Å². The Morgan fingerprint density at radius 2 is 2.04 bits per heavy atom. The maximum atomic E-state index is 12.6. The van der Waals surface area contributed by atoms with Crippen LogP contribution < -0.4 is 10.1 Å². The number of nitrogens with one attached hydrogen (secondary N) is 2. The number of carbonyl (C=O) groups excluding carboxylic acids is 1. The molecule has 0 spiro atoms. The van der Waals surface area contributed by atoms with Crippen LogP contribution in [0, 0.1) is 4.77 Å². The molecule has 7 heteroatoms. The molecule has 0 aliphatic rings. The van der Waals surface area contributed by atoms with Gasteiger partial charge >= 0.3 is 0 Å². The van der Waals surface area contributed by atoms with Gasteiger partial charge < -0.3 is 14.6 Å². The van der Waals surface area contributed by atoms with E-state index in [-0.39, 0.29) is 5.91 Å². The Morgan fingerprint density at radius 3 is 2.75 bits per heavy atom. The second-order valence-electron chi connectivity index (χ2n) is 5.23. The third-order valence-corrected chi connectivity index (χ3v) is 4.22. The molecule has 0 saturated heterocycles. The van der Waals surface area contributed by atoms with E-state index >= 15 is 0 Å². The average molecular weight is 342 g/mol. The minimum Gasteiger partial charge on any atom is -0.496 e. The number of hydrogen-bond acceptors (Lipinski definition) is 4. The minimum atomic E-state index is -0.162. The van der Waals surface area contributed by atoms with E-state index in [0.29, 0.717) is 29.2 Å². The summed E-state index contributed by atoms with van der Waals surface area (Å²) in [5.41, 5.74) is 0.601. The van der Waals surface area contributed by atoms with E-state index in [1.165, 1.54) is 0 Å². The molecule has 3 aromatic rings. The number of benzene rings is 2. The van der Waals surface area contributed by atoms with Crippen molar-refractivity contribution < 1.29 is 9.53 Å². The van der Waals surface area contributed by atoms with E-state index < -0.39 is 0 Å². The van der Waals surface area contributed by atoms with Gasteiger partial charge in [-0.15, -0.1) is 0 Å². The van der Waals surface area contributed by atoms with Crippen molar-refractivity contribution in [1.29, 1.82) is 0 Å². The van der Waals surface area contributed by atoms with Gasteiger partial charge in [0.25, 0.3) is 5.91 Å². The van der Waals surface area contributed by atoms with Gasteiger partial charge in [0, 0.05) is 17.5 Å². The van der Waals surface area contributed by atoms with Crippen LogP contribution in [-0.2, 0) is 13.1 Å². The number of methoxy groups -OCH3 is 1. The highest BCUT2D eigenvalue weighted by Gasteiger charge is 2.13. The highest BCUT2D eigenvalue weighted by atomic mass is 32.1. The Balaban J connectivity index is 1.88. The fourth-order valence-electron chi connectivity index (χ4n) is 2.71. The summed E-state index contributed by atoms with van der Waals surface area (Å²) in [6.07, 6.45) is 0. The number of carbonyl (C=O) groups is 1. The Labute approximate surface area is 144 Å². The standard InChI is InChI=1S/C17H18N4O2S/c1-3-21-15(19-20-17(21)24)10-18-16(22)13-8-9-14(23-2)12-7-5-4-6-11(12)13/h4-9H,3,10H2,1-2H3,(H,18,22)(H,20,24). The number of aromatic amines is 1. The molecule has 1 heterocycles. The second kappa shape index (κ2) is 6.84. The van der Waals surface area contributed by atoms with Crippen LogP contribution in [-0.4, -0.2) is 27.8 Å². The first-order valence-corrected chi connectivity index (χ1v) is 8.04. The summed E-state index contributed by atoms with van der Waals surface area (Å²) in [6, 6.07) is 11.3.